The molecule has 1 aliphatic rings. The summed E-state index contributed by atoms with van der Waals surface area (Å²) < 4.78 is 6.76. The van der Waals surface area contributed by atoms with E-state index in [2.05, 4.69) is 10.1 Å². The average Bonchev–Trinajstić information content (AvgIpc) is 3.11. The largest absolute Gasteiger partial charge is 0.507 e. The number of fused-ring (bicyclic) bond motifs is 1. The topological polar surface area (TPSA) is 124 Å². The normalized spacial score (nSPS) is 15.7. The number of aromatic hydroxyl groups is 1. The van der Waals surface area contributed by atoms with Crippen molar-refractivity contribution in [2.45, 2.75) is 24.3 Å². The third-order valence-corrected chi connectivity index (χ3v) is 5.54. The Bertz CT molecular complexity index is 1190. The first-order valence-electron chi connectivity index (χ1n) is 8.82. The van der Waals surface area contributed by atoms with Crippen LogP contribution in [0.1, 0.15) is 39.7 Å². The molecule has 1 aromatic carbocycles. The van der Waals surface area contributed by atoms with E-state index in [4.69, 9.17) is 10.2 Å². The van der Waals surface area contributed by atoms with E-state index in [1.807, 2.05) is 30.5 Å². The van der Waals surface area contributed by atoms with Gasteiger partial charge in [-0.25, -0.2) is 14.5 Å². The van der Waals surface area contributed by atoms with Gasteiger partial charge in [-0.15, -0.1) is 11.8 Å². The van der Waals surface area contributed by atoms with E-state index >= 15 is 0 Å². The van der Waals surface area contributed by atoms with Gasteiger partial charge in [0.05, 0.1) is 18.0 Å². The molecule has 0 radical (unpaired) electrons. The summed E-state index contributed by atoms with van der Waals surface area (Å²) in [7, 11) is 0. The van der Waals surface area contributed by atoms with Crippen LogP contribution in [0.25, 0.3) is 0 Å². The lowest BCUT2D eigenvalue weighted by Gasteiger charge is -2.25. The van der Waals surface area contributed by atoms with Crippen LogP contribution in [0.15, 0.2) is 55.6 Å². The summed E-state index contributed by atoms with van der Waals surface area (Å²) in [5, 5.41) is 14.7. The summed E-state index contributed by atoms with van der Waals surface area (Å²) in [5.41, 5.74) is 6.14. The number of rotatable bonds is 4. The van der Waals surface area contributed by atoms with E-state index in [0.717, 1.165) is 10.5 Å². The minimum absolute atomic E-state index is 0.0239. The predicted molar refractivity (Wildman–Crippen MR) is 109 cm³/mol. The van der Waals surface area contributed by atoms with Crippen molar-refractivity contribution in [3.63, 3.8) is 0 Å². The van der Waals surface area contributed by atoms with E-state index in [1.165, 1.54) is 12.3 Å². The number of amides is 1. The van der Waals surface area contributed by atoms with Crippen LogP contribution in [0.2, 0.25) is 0 Å². The highest BCUT2D eigenvalue weighted by Gasteiger charge is 2.31. The fraction of sp³-hybridized carbons (Fsp3) is 0.200. The number of nitrogens with two attached hydrogens (primary N) is 1. The maximum absolute atomic E-state index is 12.4. The summed E-state index contributed by atoms with van der Waals surface area (Å²) in [6.45, 7) is 1.57. The molecule has 0 spiro atoms. The van der Waals surface area contributed by atoms with E-state index in [-0.39, 0.29) is 35.2 Å². The molecule has 1 aliphatic heterocycles. The third-order valence-electron chi connectivity index (χ3n) is 4.80. The van der Waals surface area contributed by atoms with Crippen molar-refractivity contribution in [1.82, 2.24) is 9.78 Å². The molecule has 0 fully saturated rings. The molecular formula is C20H18N4O4S. The molecule has 1 amide bonds. The lowest BCUT2D eigenvalue weighted by atomic mass is 9.96. The molecule has 1 atom stereocenters. The second-order valence-electron chi connectivity index (χ2n) is 6.65. The Morgan fingerprint density at radius 2 is 2.07 bits per heavy atom. The Kier molecular flexibility index (Phi) is 4.75. The van der Waals surface area contributed by atoms with Crippen LogP contribution >= 0.6 is 11.8 Å². The fourth-order valence-electron chi connectivity index (χ4n) is 3.42. The van der Waals surface area contributed by atoms with E-state index < -0.39 is 11.5 Å². The van der Waals surface area contributed by atoms with Gasteiger partial charge in [0.15, 0.2) is 5.82 Å². The van der Waals surface area contributed by atoms with E-state index in [9.17, 15) is 14.7 Å². The van der Waals surface area contributed by atoms with Gasteiger partial charge in [-0.2, -0.15) is 5.10 Å². The molecule has 9 heteroatoms. The molecule has 29 heavy (non-hydrogen) atoms. The zero-order chi connectivity index (χ0) is 20.7. The van der Waals surface area contributed by atoms with Crippen LogP contribution in [0.3, 0.4) is 0 Å². The molecule has 0 unspecified atom stereocenters. The molecule has 3 aromatic rings. The first-order valence-corrected chi connectivity index (χ1v) is 10.0. The van der Waals surface area contributed by atoms with Crippen LogP contribution in [0.5, 0.6) is 5.75 Å². The summed E-state index contributed by atoms with van der Waals surface area (Å²) in [6.07, 6.45) is 3.64. The van der Waals surface area contributed by atoms with E-state index in [0.29, 0.717) is 11.5 Å². The first kappa shape index (κ1) is 19.0. The number of primary amides is 1. The highest BCUT2D eigenvalue weighted by atomic mass is 32.2. The second kappa shape index (κ2) is 7.25. The molecule has 3 N–H and O–H groups in total. The standard InChI is InChI=1S/C20H18N4O4S/c1-10-7-16(25)17(20(27)28-10)14-8-15(11-3-5-12(29-2)6-4-11)24-19(23-14)13(9-22-24)18(21)26/h3-7,9,15,25H,8H2,1-2H3,(H2,21,26)/t15-/m0/s1. The van der Waals surface area contributed by atoms with Gasteiger partial charge in [-0.05, 0) is 30.9 Å². The van der Waals surface area contributed by atoms with Gasteiger partial charge in [0, 0.05) is 17.4 Å². The summed E-state index contributed by atoms with van der Waals surface area (Å²) in [5.74, 6) is -0.354. The van der Waals surface area contributed by atoms with Gasteiger partial charge in [-0.3, -0.25) is 4.79 Å². The monoisotopic (exact) mass is 410 g/mol. The van der Waals surface area contributed by atoms with Gasteiger partial charge in [0.2, 0.25) is 0 Å². The highest BCUT2D eigenvalue weighted by molar-refractivity contribution is 7.98. The second-order valence-corrected chi connectivity index (χ2v) is 7.53. The Morgan fingerprint density at radius 1 is 1.34 bits per heavy atom. The quantitative estimate of drug-likeness (QED) is 0.638. The molecule has 4 rings (SSSR count). The maximum Gasteiger partial charge on any atom is 0.348 e. The molecule has 3 heterocycles. The number of carbonyl (C=O) groups excluding carboxylic acids is 1. The van der Waals surface area contributed by atoms with Crippen molar-refractivity contribution in [2.75, 3.05) is 6.26 Å². The van der Waals surface area contributed by atoms with Gasteiger partial charge in [-0.1, -0.05) is 12.1 Å². The zero-order valence-corrected chi connectivity index (χ0v) is 16.6. The summed E-state index contributed by atoms with van der Waals surface area (Å²) in [6, 6.07) is 8.94. The molecule has 8 nitrogen and oxygen atoms in total. The van der Waals surface area contributed by atoms with Crippen molar-refractivity contribution in [3.05, 3.63) is 69.4 Å². The van der Waals surface area contributed by atoms with Crippen molar-refractivity contribution in [2.24, 2.45) is 10.7 Å². The van der Waals surface area contributed by atoms with Crippen molar-refractivity contribution < 1.29 is 14.3 Å². The Balaban J connectivity index is 1.90. The highest BCUT2D eigenvalue weighted by Crippen LogP contribution is 2.36. The van der Waals surface area contributed by atoms with Gasteiger partial charge < -0.3 is 15.3 Å². The van der Waals surface area contributed by atoms with Gasteiger partial charge in [0.25, 0.3) is 5.91 Å². The Morgan fingerprint density at radius 3 is 2.69 bits per heavy atom. The minimum Gasteiger partial charge on any atom is -0.507 e. The SMILES string of the molecule is CSc1ccc([C@@H]2CC(c3c(O)cc(C)oc3=O)=Nc3c(C(N)=O)cnn32)cc1. The van der Waals surface area contributed by atoms with Gasteiger partial charge in [0.1, 0.15) is 22.6 Å². The number of hydrogen-bond acceptors (Lipinski definition) is 7. The molecule has 2 aromatic heterocycles. The first-order chi connectivity index (χ1) is 13.9. The summed E-state index contributed by atoms with van der Waals surface area (Å²) in [4.78, 5) is 29.8. The number of aromatic nitrogens is 2. The van der Waals surface area contributed by atoms with Crippen molar-refractivity contribution in [3.8, 4) is 5.75 Å². The summed E-state index contributed by atoms with van der Waals surface area (Å²) >= 11 is 1.63. The van der Waals surface area contributed by atoms with Crippen molar-refractivity contribution >= 4 is 29.2 Å². The Hall–Kier alpha value is -3.33. The molecule has 148 valence electrons. The van der Waals surface area contributed by atoms with E-state index in [1.54, 1.807) is 23.4 Å². The lowest BCUT2D eigenvalue weighted by molar-refractivity contribution is 0.100. The van der Waals surface area contributed by atoms with Crippen LogP contribution in [-0.2, 0) is 0 Å². The zero-order valence-electron chi connectivity index (χ0n) is 15.7. The molecule has 0 bridgehead atoms. The van der Waals surface area contributed by atoms with Gasteiger partial charge >= 0.3 is 5.63 Å². The molecule has 0 saturated carbocycles. The lowest BCUT2D eigenvalue weighted by Crippen LogP contribution is -2.25. The third kappa shape index (κ3) is 3.33. The number of thioether (sulfide) groups is 1. The number of nitrogens with zero attached hydrogens (tertiary/aromatic N) is 3. The van der Waals surface area contributed by atoms with Crippen LogP contribution in [-0.4, -0.2) is 32.8 Å². The Labute approximate surface area is 170 Å². The molecule has 0 saturated heterocycles. The smallest absolute Gasteiger partial charge is 0.348 e. The van der Waals surface area contributed by atoms with Crippen LogP contribution in [0, 0.1) is 6.92 Å². The van der Waals surface area contributed by atoms with Crippen LogP contribution in [0.4, 0.5) is 5.82 Å². The number of hydrogen-bond donors (Lipinski definition) is 2. The minimum atomic E-state index is -0.689. The molecule has 0 aliphatic carbocycles. The fourth-order valence-corrected chi connectivity index (χ4v) is 3.83. The number of benzene rings is 1. The van der Waals surface area contributed by atoms with Crippen molar-refractivity contribution in [1.29, 1.82) is 0 Å². The maximum atomic E-state index is 12.4. The number of aryl methyl sites for hydroxylation is 1. The number of aliphatic imine (C=N–C) groups is 1. The average molecular weight is 410 g/mol. The predicted octanol–water partition coefficient (Wildman–Crippen LogP) is 2.79. The van der Waals surface area contributed by atoms with Crippen LogP contribution < -0.4 is 11.4 Å². The number of carbonyl (C=O) groups is 1. The molecular weight excluding hydrogens is 392 g/mol.